The summed E-state index contributed by atoms with van der Waals surface area (Å²) >= 11 is 0. The van der Waals surface area contributed by atoms with Gasteiger partial charge in [-0.25, -0.2) is 4.79 Å². The van der Waals surface area contributed by atoms with Crippen molar-refractivity contribution < 1.29 is 24.2 Å². The molecule has 1 aliphatic carbocycles. The first-order valence-corrected chi connectivity index (χ1v) is 10.3. The molecule has 0 atom stereocenters. The number of hydrogen-bond acceptors (Lipinski definition) is 4. The minimum Gasteiger partial charge on any atom is -0.476 e. The van der Waals surface area contributed by atoms with Gasteiger partial charge in [0.2, 0.25) is 5.78 Å². The van der Waals surface area contributed by atoms with E-state index in [1.54, 1.807) is 6.08 Å². The fourth-order valence-corrected chi connectivity index (χ4v) is 3.36. The molecule has 0 bridgehead atoms. The highest BCUT2D eigenvalue weighted by molar-refractivity contribution is 6.32. The zero-order chi connectivity index (χ0) is 22.7. The van der Waals surface area contributed by atoms with Crippen LogP contribution < -0.4 is 0 Å². The summed E-state index contributed by atoms with van der Waals surface area (Å²) in [4.78, 5) is 32.8. The zero-order valence-corrected chi connectivity index (χ0v) is 18.8. The number of hydrogen-bond donors (Lipinski definition) is 1. The second kappa shape index (κ2) is 12.1. The van der Waals surface area contributed by atoms with Crippen LogP contribution in [0.25, 0.3) is 0 Å². The molecule has 0 fully saturated rings. The molecule has 0 spiro atoms. The van der Waals surface area contributed by atoms with Gasteiger partial charge in [0.1, 0.15) is 6.61 Å². The van der Waals surface area contributed by atoms with Crippen LogP contribution in [0.1, 0.15) is 66.7 Å². The Bertz CT molecular complexity index is 803. The van der Waals surface area contributed by atoms with Gasteiger partial charge in [-0.15, -0.1) is 0 Å². The van der Waals surface area contributed by atoms with Gasteiger partial charge >= 0.3 is 11.9 Å². The molecule has 5 nitrogen and oxygen atoms in total. The number of Topliss-reactive ketones (excluding diaryl/α,β-unsaturated/α-hetero) is 1. The number of ketones is 1. The minimum absolute atomic E-state index is 0.0847. The quantitative estimate of drug-likeness (QED) is 0.290. The van der Waals surface area contributed by atoms with E-state index in [0.29, 0.717) is 0 Å². The van der Waals surface area contributed by atoms with Crippen molar-refractivity contribution in [2.75, 3.05) is 6.61 Å². The maximum atomic E-state index is 11.5. The van der Waals surface area contributed by atoms with Gasteiger partial charge < -0.3 is 9.84 Å². The molecule has 1 rings (SSSR count). The fraction of sp³-hybridized carbons (Fsp3) is 0.480. The number of aliphatic carboxylic acids is 1. The number of carboxylic acid groups (broad SMARTS) is 1. The first-order chi connectivity index (χ1) is 14.0. The summed E-state index contributed by atoms with van der Waals surface area (Å²) in [5, 5.41) is 8.47. The molecule has 30 heavy (non-hydrogen) atoms. The number of ether oxygens (including phenoxy) is 1. The van der Waals surface area contributed by atoms with Crippen LogP contribution in [0.5, 0.6) is 0 Å². The SMILES string of the molecule is CC1=C(/C=C/C(C)=C\C=C\C(C)=C\COC(=O)CCC(=O)C(=O)O)C(C)(C)CCC1. The molecule has 0 aromatic carbocycles. The van der Waals surface area contributed by atoms with E-state index in [4.69, 9.17) is 9.84 Å². The molecule has 0 saturated carbocycles. The average Bonchev–Trinajstić information content (AvgIpc) is 2.65. The summed E-state index contributed by atoms with van der Waals surface area (Å²) in [5.41, 5.74) is 5.23. The van der Waals surface area contributed by atoms with Crippen molar-refractivity contribution in [3.8, 4) is 0 Å². The Kier molecular flexibility index (Phi) is 10.2. The summed E-state index contributed by atoms with van der Waals surface area (Å²) in [5.74, 6) is -3.11. The second-order valence-electron chi connectivity index (χ2n) is 8.39. The lowest BCUT2D eigenvalue weighted by molar-refractivity contribution is -0.150. The number of allylic oxidation sites excluding steroid dienone is 9. The summed E-state index contributed by atoms with van der Waals surface area (Å²) < 4.78 is 4.98. The maximum absolute atomic E-state index is 11.5. The Balaban J connectivity index is 2.51. The van der Waals surface area contributed by atoms with Crippen LogP contribution in [0.3, 0.4) is 0 Å². The third-order valence-electron chi connectivity index (χ3n) is 5.22. The molecule has 0 saturated heterocycles. The van der Waals surface area contributed by atoms with Gasteiger partial charge in [-0.2, -0.15) is 0 Å². The predicted molar refractivity (Wildman–Crippen MR) is 119 cm³/mol. The smallest absolute Gasteiger partial charge is 0.372 e. The van der Waals surface area contributed by atoms with Gasteiger partial charge in [-0.1, -0.05) is 60.9 Å². The van der Waals surface area contributed by atoms with Crippen molar-refractivity contribution in [1.82, 2.24) is 0 Å². The van der Waals surface area contributed by atoms with Crippen LogP contribution in [0, 0.1) is 5.41 Å². The van der Waals surface area contributed by atoms with E-state index in [0.717, 1.165) is 11.1 Å². The lowest BCUT2D eigenvalue weighted by atomic mass is 9.72. The van der Waals surface area contributed by atoms with Gasteiger partial charge in [0.25, 0.3) is 0 Å². The number of carboxylic acids is 1. The number of esters is 1. The van der Waals surface area contributed by atoms with E-state index >= 15 is 0 Å². The Morgan fingerprint density at radius 1 is 1.10 bits per heavy atom. The third-order valence-corrected chi connectivity index (χ3v) is 5.22. The molecule has 0 aromatic heterocycles. The summed E-state index contributed by atoms with van der Waals surface area (Å²) in [7, 11) is 0. The summed E-state index contributed by atoms with van der Waals surface area (Å²) in [6.45, 7) is 10.9. The molecule has 0 aromatic rings. The van der Waals surface area contributed by atoms with Crippen molar-refractivity contribution in [3.63, 3.8) is 0 Å². The Morgan fingerprint density at radius 2 is 1.80 bits per heavy atom. The Morgan fingerprint density at radius 3 is 2.43 bits per heavy atom. The summed E-state index contributed by atoms with van der Waals surface area (Å²) in [6, 6.07) is 0. The number of carbonyl (C=O) groups excluding carboxylic acids is 2. The first kappa shape index (κ1) is 25.3. The third kappa shape index (κ3) is 9.21. The Hall–Kier alpha value is -2.69. The van der Waals surface area contributed by atoms with E-state index in [1.165, 1.54) is 30.4 Å². The highest BCUT2D eigenvalue weighted by Crippen LogP contribution is 2.40. The van der Waals surface area contributed by atoms with Crippen LogP contribution in [0.2, 0.25) is 0 Å². The van der Waals surface area contributed by atoms with Crippen LogP contribution >= 0.6 is 0 Å². The van der Waals surface area contributed by atoms with Crippen molar-refractivity contribution in [1.29, 1.82) is 0 Å². The van der Waals surface area contributed by atoms with Crippen LogP contribution in [-0.4, -0.2) is 29.4 Å². The molecule has 1 aliphatic rings. The van der Waals surface area contributed by atoms with E-state index in [-0.39, 0.29) is 24.9 Å². The average molecular weight is 415 g/mol. The molecule has 0 unspecified atom stereocenters. The second-order valence-corrected chi connectivity index (χ2v) is 8.39. The lowest BCUT2D eigenvalue weighted by Gasteiger charge is -2.32. The van der Waals surface area contributed by atoms with Gasteiger partial charge in [0, 0.05) is 6.42 Å². The van der Waals surface area contributed by atoms with E-state index in [2.05, 4.69) is 39.8 Å². The molecule has 0 heterocycles. The minimum atomic E-state index is -1.53. The van der Waals surface area contributed by atoms with Gasteiger partial charge in [0.15, 0.2) is 0 Å². The first-order valence-electron chi connectivity index (χ1n) is 10.3. The molecular formula is C25H34O5. The molecule has 0 amide bonds. The molecule has 1 N–H and O–H groups in total. The standard InChI is InChI=1S/C25H34O5/c1-18(11-12-21-20(3)10-7-16-25(21,4)5)8-6-9-19(2)15-17-30-23(27)14-13-22(26)24(28)29/h6,8-9,11-12,15H,7,10,13-14,16-17H2,1-5H3,(H,28,29)/b9-6+,12-11+,18-8-,19-15+. The van der Waals surface area contributed by atoms with E-state index in [9.17, 15) is 14.4 Å². The fourth-order valence-electron chi connectivity index (χ4n) is 3.36. The van der Waals surface area contributed by atoms with Gasteiger partial charge in [-0.05, 0) is 57.1 Å². The normalized spacial score (nSPS) is 17.6. The highest BCUT2D eigenvalue weighted by atomic mass is 16.5. The van der Waals surface area contributed by atoms with E-state index < -0.39 is 17.7 Å². The molecule has 0 radical (unpaired) electrons. The predicted octanol–water partition coefficient (Wildman–Crippen LogP) is 5.50. The van der Waals surface area contributed by atoms with Crippen molar-refractivity contribution in [2.45, 2.75) is 66.7 Å². The summed E-state index contributed by atoms with van der Waals surface area (Å²) in [6.07, 6.45) is 15.1. The molecule has 0 aliphatic heterocycles. The molecular weight excluding hydrogens is 380 g/mol. The lowest BCUT2D eigenvalue weighted by Crippen LogP contribution is -2.19. The van der Waals surface area contributed by atoms with Gasteiger partial charge in [0.05, 0.1) is 6.42 Å². The van der Waals surface area contributed by atoms with Crippen LogP contribution in [-0.2, 0) is 19.1 Å². The maximum Gasteiger partial charge on any atom is 0.372 e. The highest BCUT2D eigenvalue weighted by Gasteiger charge is 2.26. The topological polar surface area (TPSA) is 80.7 Å². The van der Waals surface area contributed by atoms with Crippen LogP contribution in [0.4, 0.5) is 0 Å². The number of carbonyl (C=O) groups is 3. The van der Waals surface area contributed by atoms with Crippen molar-refractivity contribution in [2.24, 2.45) is 5.41 Å². The largest absolute Gasteiger partial charge is 0.476 e. The number of rotatable bonds is 10. The van der Waals surface area contributed by atoms with E-state index in [1.807, 2.05) is 25.2 Å². The van der Waals surface area contributed by atoms with Crippen molar-refractivity contribution in [3.05, 3.63) is 58.7 Å². The molecule has 5 heteroatoms. The monoisotopic (exact) mass is 414 g/mol. The van der Waals surface area contributed by atoms with Gasteiger partial charge in [-0.3, -0.25) is 9.59 Å². The van der Waals surface area contributed by atoms with Crippen LogP contribution in [0.15, 0.2) is 58.7 Å². The molecule has 164 valence electrons. The Labute approximate surface area is 179 Å². The zero-order valence-electron chi connectivity index (χ0n) is 18.8. The van der Waals surface area contributed by atoms with Crippen molar-refractivity contribution >= 4 is 17.7 Å².